The fourth-order valence-corrected chi connectivity index (χ4v) is 4.09. The number of anilines is 1. The number of aryl methyl sites for hydroxylation is 2. The minimum absolute atomic E-state index is 0.293. The van der Waals surface area contributed by atoms with Gasteiger partial charge in [0, 0.05) is 56.2 Å². The molecule has 1 N–H and O–H groups in total. The molecule has 1 aliphatic heterocycles. The van der Waals surface area contributed by atoms with Gasteiger partial charge in [0.25, 0.3) is 0 Å². The Bertz CT molecular complexity index is 1000. The zero-order chi connectivity index (χ0) is 21.1. The average Bonchev–Trinajstić information content (AvgIpc) is 2.77. The van der Waals surface area contributed by atoms with Crippen molar-refractivity contribution in [2.75, 3.05) is 31.1 Å². The topological polar surface area (TPSA) is 39.6 Å². The summed E-state index contributed by atoms with van der Waals surface area (Å²) < 4.78 is 14.9. The number of halogens is 1. The maximum absolute atomic E-state index is 14.9. The Morgan fingerprint density at radius 2 is 1.80 bits per heavy atom. The number of hydrogen-bond donors (Lipinski definition) is 1. The third-order valence-corrected chi connectivity index (χ3v) is 5.98. The molecule has 1 saturated heterocycles. The molecular formula is C25H28FN3O. The second-order valence-electron chi connectivity index (χ2n) is 8.05. The quantitative estimate of drug-likeness (QED) is 0.689. The number of hydrogen-bond acceptors (Lipinski definition) is 4. The molecule has 0 amide bonds. The highest BCUT2D eigenvalue weighted by Crippen LogP contribution is 2.33. The summed E-state index contributed by atoms with van der Waals surface area (Å²) in [6.45, 7) is 8.32. The minimum Gasteiger partial charge on any atom is -0.384 e. The lowest BCUT2D eigenvalue weighted by atomic mass is 9.99. The maximum Gasteiger partial charge on any atom is 0.146 e. The van der Waals surface area contributed by atoms with E-state index >= 15 is 0 Å². The summed E-state index contributed by atoms with van der Waals surface area (Å²) in [4.78, 5) is 8.54. The van der Waals surface area contributed by atoms with Gasteiger partial charge in [-0.15, -0.1) is 0 Å². The van der Waals surface area contributed by atoms with Crippen LogP contribution in [0.2, 0.25) is 0 Å². The first-order chi connectivity index (χ1) is 14.5. The normalized spacial score (nSPS) is 15.9. The van der Waals surface area contributed by atoms with E-state index in [0.29, 0.717) is 16.8 Å². The average molecular weight is 406 g/mol. The van der Waals surface area contributed by atoms with Gasteiger partial charge in [-0.2, -0.15) is 0 Å². The molecule has 1 fully saturated rings. The van der Waals surface area contributed by atoms with E-state index < -0.39 is 6.10 Å². The molecule has 4 nitrogen and oxygen atoms in total. The summed E-state index contributed by atoms with van der Waals surface area (Å²) in [5, 5.41) is 10.9. The summed E-state index contributed by atoms with van der Waals surface area (Å²) >= 11 is 0. The van der Waals surface area contributed by atoms with Gasteiger partial charge in [0.2, 0.25) is 0 Å². The number of nitrogens with zero attached hydrogens (tertiary/aromatic N) is 3. The molecule has 1 aliphatic rings. The van der Waals surface area contributed by atoms with E-state index in [4.69, 9.17) is 0 Å². The van der Waals surface area contributed by atoms with Crippen molar-refractivity contribution in [1.82, 2.24) is 9.88 Å². The highest BCUT2D eigenvalue weighted by Gasteiger charge is 2.25. The van der Waals surface area contributed by atoms with Crippen LogP contribution in [0.5, 0.6) is 0 Å². The van der Waals surface area contributed by atoms with Crippen LogP contribution in [0.4, 0.5) is 10.1 Å². The van der Waals surface area contributed by atoms with Crippen LogP contribution in [0, 0.1) is 19.7 Å². The number of aliphatic hydroxyl groups is 1. The van der Waals surface area contributed by atoms with Crippen LogP contribution in [0.15, 0.2) is 60.9 Å². The van der Waals surface area contributed by atoms with Gasteiger partial charge in [-0.3, -0.25) is 9.88 Å². The van der Waals surface area contributed by atoms with E-state index in [1.165, 1.54) is 22.8 Å². The molecule has 5 heteroatoms. The van der Waals surface area contributed by atoms with Gasteiger partial charge in [0.15, 0.2) is 0 Å². The Morgan fingerprint density at radius 3 is 2.50 bits per heavy atom. The first-order valence-corrected chi connectivity index (χ1v) is 10.4. The van der Waals surface area contributed by atoms with Crippen LogP contribution in [0.3, 0.4) is 0 Å². The van der Waals surface area contributed by atoms with E-state index in [2.05, 4.69) is 46.8 Å². The number of piperazine rings is 1. The molecule has 30 heavy (non-hydrogen) atoms. The highest BCUT2D eigenvalue weighted by atomic mass is 19.1. The summed E-state index contributed by atoms with van der Waals surface area (Å²) in [5.41, 5.74) is 5.68. The van der Waals surface area contributed by atoms with E-state index in [0.717, 1.165) is 32.7 Å². The Labute approximate surface area is 177 Å². The van der Waals surface area contributed by atoms with Crippen molar-refractivity contribution in [1.29, 1.82) is 0 Å². The smallest absolute Gasteiger partial charge is 0.146 e. The van der Waals surface area contributed by atoms with Crippen LogP contribution in [0.25, 0.3) is 0 Å². The fourth-order valence-electron chi connectivity index (χ4n) is 4.09. The van der Waals surface area contributed by atoms with Gasteiger partial charge in [-0.25, -0.2) is 4.39 Å². The Morgan fingerprint density at radius 1 is 1.00 bits per heavy atom. The predicted molar refractivity (Wildman–Crippen MR) is 118 cm³/mol. The molecule has 2 aromatic carbocycles. The van der Waals surface area contributed by atoms with Gasteiger partial charge >= 0.3 is 0 Å². The SMILES string of the molecule is Cc1ccc(CN2CCN(c3c(F)cccc3C(O)c3cccnc3)CC2)cc1C. The molecule has 4 rings (SSSR count). The van der Waals surface area contributed by atoms with Crippen molar-refractivity contribution in [3.63, 3.8) is 0 Å². The minimum atomic E-state index is -0.905. The molecule has 0 aliphatic carbocycles. The molecule has 2 heterocycles. The van der Waals surface area contributed by atoms with Crippen LogP contribution >= 0.6 is 0 Å². The van der Waals surface area contributed by atoms with Gasteiger partial charge in [0.05, 0.1) is 5.69 Å². The van der Waals surface area contributed by atoms with Crippen LogP contribution in [-0.4, -0.2) is 41.2 Å². The largest absolute Gasteiger partial charge is 0.384 e. The number of para-hydroxylation sites is 1. The lowest BCUT2D eigenvalue weighted by molar-refractivity contribution is 0.218. The van der Waals surface area contributed by atoms with Crippen molar-refractivity contribution in [2.45, 2.75) is 26.5 Å². The van der Waals surface area contributed by atoms with Crippen molar-refractivity contribution in [3.8, 4) is 0 Å². The van der Waals surface area contributed by atoms with Crippen LogP contribution in [0.1, 0.15) is 33.9 Å². The Kier molecular flexibility index (Phi) is 6.11. The van der Waals surface area contributed by atoms with Gasteiger partial charge in [0.1, 0.15) is 11.9 Å². The van der Waals surface area contributed by atoms with E-state index in [1.807, 2.05) is 6.07 Å². The third kappa shape index (κ3) is 4.37. The lowest BCUT2D eigenvalue weighted by Gasteiger charge is -2.37. The Balaban J connectivity index is 1.49. The first kappa shape index (κ1) is 20.5. The molecule has 1 atom stereocenters. The molecule has 1 aromatic heterocycles. The molecule has 1 unspecified atom stereocenters. The second kappa shape index (κ2) is 8.94. The summed E-state index contributed by atoms with van der Waals surface area (Å²) in [6.07, 6.45) is 2.39. The lowest BCUT2D eigenvalue weighted by Crippen LogP contribution is -2.46. The molecule has 0 saturated carbocycles. The van der Waals surface area contributed by atoms with Crippen molar-refractivity contribution >= 4 is 5.69 Å². The van der Waals surface area contributed by atoms with Crippen LogP contribution in [-0.2, 0) is 6.54 Å². The predicted octanol–water partition coefficient (Wildman–Crippen LogP) is 4.24. The highest BCUT2D eigenvalue weighted by molar-refractivity contribution is 5.58. The number of aliphatic hydroxyl groups excluding tert-OH is 1. The zero-order valence-electron chi connectivity index (χ0n) is 17.6. The fraction of sp³-hybridized carbons (Fsp3) is 0.320. The second-order valence-corrected chi connectivity index (χ2v) is 8.05. The van der Waals surface area contributed by atoms with Crippen molar-refractivity contribution in [2.24, 2.45) is 0 Å². The monoisotopic (exact) mass is 405 g/mol. The van der Waals surface area contributed by atoms with Gasteiger partial charge in [-0.05, 0) is 42.7 Å². The molecule has 0 radical (unpaired) electrons. The van der Waals surface area contributed by atoms with Crippen molar-refractivity contribution in [3.05, 3.63) is 94.6 Å². The number of rotatable bonds is 5. The summed E-state index contributed by atoms with van der Waals surface area (Å²) in [7, 11) is 0. The van der Waals surface area contributed by atoms with Gasteiger partial charge < -0.3 is 10.0 Å². The van der Waals surface area contributed by atoms with Crippen LogP contribution < -0.4 is 4.90 Å². The van der Waals surface area contributed by atoms with E-state index in [-0.39, 0.29) is 5.82 Å². The molecular weight excluding hydrogens is 377 g/mol. The molecule has 156 valence electrons. The first-order valence-electron chi connectivity index (χ1n) is 10.4. The maximum atomic E-state index is 14.9. The van der Waals surface area contributed by atoms with E-state index in [1.54, 1.807) is 30.6 Å². The molecule has 3 aromatic rings. The van der Waals surface area contributed by atoms with Gasteiger partial charge in [-0.1, -0.05) is 36.4 Å². The third-order valence-electron chi connectivity index (χ3n) is 5.98. The number of pyridine rings is 1. The molecule has 0 spiro atoms. The van der Waals surface area contributed by atoms with E-state index in [9.17, 15) is 9.50 Å². The zero-order valence-corrected chi connectivity index (χ0v) is 17.6. The Hall–Kier alpha value is -2.76. The summed E-state index contributed by atoms with van der Waals surface area (Å²) in [6, 6.07) is 15.1. The summed E-state index contributed by atoms with van der Waals surface area (Å²) in [5.74, 6) is -0.293. The number of aromatic nitrogens is 1. The number of benzene rings is 2. The molecule has 0 bridgehead atoms. The standard InChI is InChI=1S/C25H28FN3O/c1-18-8-9-20(15-19(18)2)17-28-11-13-29(14-12-28)24-22(6-3-7-23(24)26)25(30)21-5-4-10-27-16-21/h3-10,15-16,25,30H,11-14,17H2,1-2H3. The van der Waals surface area contributed by atoms with Crippen molar-refractivity contribution < 1.29 is 9.50 Å².